The summed E-state index contributed by atoms with van der Waals surface area (Å²) in [6.07, 6.45) is 3.47. The lowest BCUT2D eigenvalue weighted by molar-refractivity contribution is -0.141. The average Bonchev–Trinajstić information content (AvgIpc) is 2.79. The molecule has 180 valence electrons. The van der Waals surface area contributed by atoms with Crippen molar-refractivity contribution >= 4 is 58.4 Å². The summed E-state index contributed by atoms with van der Waals surface area (Å²) in [5.74, 6) is 0.609. The Hall–Kier alpha value is -1.40. The third-order valence-corrected chi connectivity index (χ3v) is 7.13. The number of benzene rings is 2. The number of thioether (sulfide) groups is 1. The van der Waals surface area contributed by atoms with E-state index in [2.05, 4.69) is 12.2 Å². The smallest absolute Gasteiger partial charge is 0.242 e. The molecule has 0 saturated heterocycles. The summed E-state index contributed by atoms with van der Waals surface area (Å²) in [6, 6.07) is 12.3. The molecule has 0 fully saturated rings. The van der Waals surface area contributed by atoms with Crippen molar-refractivity contribution in [1.82, 2.24) is 10.2 Å². The molecule has 8 heteroatoms. The van der Waals surface area contributed by atoms with Crippen LogP contribution >= 0.6 is 46.6 Å². The van der Waals surface area contributed by atoms with Crippen molar-refractivity contribution in [3.8, 4) is 0 Å². The molecule has 4 nitrogen and oxygen atoms in total. The molecule has 2 rings (SSSR count). The van der Waals surface area contributed by atoms with Gasteiger partial charge in [-0.3, -0.25) is 9.59 Å². The predicted molar refractivity (Wildman–Crippen MR) is 140 cm³/mol. The van der Waals surface area contributed by atoms with E-state index in [9.17, 15) is 9.59 Å². The standard InChI is InChI=1S/C25H31Cl3N2O2S/c1-3-5-14-29-25(32)23(4-2)30(17-18-8-9-20(27)16-22(18)28)24(31)7-6-15-33-21-12-10-19(26)11-13-21/h8-13,16,23H,3-7,14-15,17H2,1-2H3,(H,29,32)/t23-/m1/s1. The van der Waals surface area contributed by atoms with Gasteiger partial charge in [0.15, 0.2) is 0 Å². The van der Waals surface area contributed by atoms with E-state index in [-0.39, 0.29) is 18.4 Å². The highest BCUT2D eigenvalue weighted by atomic mass is 35.5. The predicted octanol–water partition coefficient (Wildman–Crippen LogP) is 7.24. The van der Waals surface area contributed by atoms with Crippen molar-refractivity contribution in [2.45, 2.75) is 63.4 Å². The zero-order chi connectivity index (χ0) is 24.2. The van der Waals surface area contributed by atoms with E-state index in [1.807, 2.05) is 37.3 Å². The van der Waals surface area contributed by atoms with E-state index in [0.717, 1.165) is 29.1 Å². The minimum Gasteiger partial charge on any atom is -0.354 e. The van der Waals surface area contributed by atoms with Gasteiger partial charge in [-0.05, 0) is 67.0 Å². The summed E-state index contributed by atoms with van der Waals surface area (Å²) in [5, 5.41) is 4.69. The maximum Gasteiger partial charge on any atom is 0.242 e. The number of amides is 2. The Kier molecular flexibility index (Phi) is 12.5. The van der Waals surface area contributed by atoms with E-state index in [1.54, 1.807) is 28.8 Å². The van der Waals surface area contributed by atoms with Crippen molar-refractivity contribution in [1.29, 1.82) is 0 Å². The zero-order valence-corrected chi connectivity index (χ0v) is 22.2. The number of carbonyl (C=O) groups is 2. The van der Waals surface area contributed by atoms with Gasteiger partial charge in [0, 0.05) is 39.5 Å². The Bertz CT molecular complexity index is 909. The number of nitrogens with one attached hydrogen (secondary N) is 1. The molecule has 0 aliphatic heterocycles. The molecule has 1 N–H and O–H groups in total. The van der Waals surface area contributed by atoms with Crippen LogP contribution in [0.3, 0.4) is 0 Å². The minimum absolute atomic E-state index is 0.0600. The Morgan fingerprint density at radius 1 is 1.00 bits per heavy atom. The number of unbranched alkanes of at least 4 members (excludes halogenated alkanes) is 1. The van der Waals surface area contributed by atoms with Crippen LogP contribution < -0.4 is 5.32 Å². The summed E-state index contributed by atoms with van der Waals surface area (Å²) >= 11 is 20.0. The second-order valence-electron chi connectivity index (χ2n) is 7.73. The molecule has 2 amide bonds. The van der Waals surface area contributed by atoms with Gasteiger partial charge < -0.3 is 10.2 Å². The summed E-state index contributed by atoms with van der Waals surface area (Å²) in [7, 11) is 0. The molecule has 0 spiro atoms. The zero-order valence-electron chi connectivity index (χ0n) is 19.1. The topological polar surface area (TPSA) is 49.4 Å². The number of hydrogen-bond donors (Lipinski definition) is 1. The van der Waals surface area contributed by atoms with Crippen molar-refractivity contribution < 1.29 is 9.59 Å². The first-order valence-corrected chi connectivity index (χ1v) is 13.4. The van der Waals surface area contributed by atoms with Gasteiger partial charge in [0.05, 0.1) is 0 Å². The molecule has 0 aliphatic carbocycles. The number of hydrogen-bond acceptors (Lipinski definition) is 3. The van der Waals surface area contributed by atoms with Crippen LogP contribution in [-0.4, -0.2) is 35.1 Å². The van der Waals surface area contributed by atoms with Crippen LogP contribution in [0.4, 0.5) is 0 Å². The highest BCUT2D eigenvalue weighted by Gasteiger charge is 2.28. The maximum absolute atomic E-state index is 13.3. The molecule has 0 aliphatic rings. The van der Waals surface area contributed by atoms with Crippen molar-refractivity contribution in [2.24, 2.45) is 0 Å². The highest BCUT2D eigenvalue weighted by molar-refractivity contribution is 7.99. The van der Waals surface area contributed by atoms with Gasteiger partial charge in [-0.1, -0.05) is 61.1 Å². The van der Waals surface area contributed by atoms with E-state index in [4.69, 9.17) is 34.8 Å². The van der Waals surface area contributed by atoms with Crippen LogP contribution in [0.1, 0.15) is 51.5 Å². The van der Waals surface area contributed by atoms with E-state index >= 15 is 0 Å². The molecule has 0 bridgehead atoms. The van der Waals surface area contributed by atoms with Gasteiger partial charge in [0.25, 0.3) is 0 Å². The third-order valence-electron chi connectivity index (χ3n) is 5.19. The van der Waals surface area contributed by atoms with Crippen molar-refractivity contribution in [2.75, 3.05) is 12.3 Å². The molecule has 0 radical (unpaired) electrons. The second-order valence-corrected chi connectivity index (χ2v) is 10.2. The van der Waals surface area contributed by atoms with Gasteiger partial charge in [0.2, 0.25) is 11.8 Å². The molecule has 1 atom stereocenters. The summed E-state index contributed by atoms with van der Waals surface area (Å²) in [5.41, 5.74) is 0.768. The fourth-order valence-electron chi connectivity index (χ4n) is 3.35. The SMILES string of the molecule is CCCCNC(=O)[C@@H](CC)N(Cc1ccc(Cl)cc1Cl)C(=O)CCCSc1ccc(Cl)cc1. The van der Waals surface area contributed by atoms with E-state index in [1.165, 1.54) is 0 Å². The summed E-state index contributed by atoms with van der Waals surface area (Å²) in [6.45, 7) is 4.86. The van der Waals surface area contributed by atoms with Gasteiger partial charge >= 0.3 is 0 Å². The number of halogens is 3. The van der Waals surface area contributed by atoms with Gasteiger partial charge in [-0.25, -0.2) is 0 Å². The molecule has 0 heterocycles. The van der Waals surface area contributed by atoms with Gasteiger partial charge in [0.1, 0.15) is 6.04 Å². The fraction of sp³-hybridized carbons (Fsp3) is 0.440. The Morgan fingerprint density at radius 2 is 1.70 bits per heavy atom. The molecule has 0 unspecified atom stereocenters. The fourth-order valence-corrected chi connectivity index (χ4v) is 4.79. The Labute approximate surface area is 216 Å². The van der Waals surface area contributed by atoms with E-state index in [0.29, 0.717) is 40.9 Å². The average molecular weight is 530 g/mol. The first-order valence-electron chi connectivity index (χ1n) is 11.2. The molecule has 2 aromatic carbocycles. The third kappa shape index (κ3) is 9.40. The lowest BCUT2D eigenvalue weighted by atomic mass is 10.1. The highest BCUT2D eigenvalue weighted by Crippen LogP contribution is 2.25. The lowest BCUT2D eigenvalue weighted by Crippen LogP contribution is -2.49. The Morgan fingerprint density at radius 3 is 2.33 bits per heavy atom. The molecule has 0 aromatic heterocycles. The maximum atomic E-state index is 13.3. The molecular formula is C25H31Cl3N2O2S. The number of carbonyl (C=O) groups excluding carboxylic acids is 2. The van der Waals surface area contributed by atoms with E-state index < -0.39 is 6.04 Å². The van der Waals surface area contributed by atoms with Crippen LogP contribution in [0.15, 0.2) is 47.4 Å². The molecular weight excluding hydrogens is 499 g/mol. The van der Waals surface area contributed by atoms with Crippen molar-refractivity contribution in [3.05, 3.63) is 63.1 Å². The number of rotatable bonds is 13. The number of nitrogens with zero attached hydrogens (tertiary/aromatic N) is 1. The van der Waals surface area contributed by atoms with Crippen LogP contribution in [-0.2, 0) is 16.1 Å². The monoisotopic (exact) mass is 528 g/mol. The molecule has 0 saturated carbocycles. The summed E-state index contributed by atoms with van der Waals surface area (Å²) < 4.78 is 0. The first kappa shape index (κ1) is 27.8. The lowest BCUT2D eigenvalue weighted by Gasteiger charge is -2.31. The van der Waals surface area contributed by atoms with Gasteiger partial charge in [-0.15, -0.1) is 11.8 Å². The normalized spacial score (nSPS) is 11.8. The minimum atomic E-state index is -0.551. The van der Waals surface area contributed by atoms with Crippen LogP contribution in [0.2, 0.25) is 15.1 Å². The van der Waals surface area contributed by atoms with Crippen LogP contribution in [0, 0.1) is 0 Å². The molecule has 33 heavy (non-hydrogen) atoms. The van der Waals surface area contributed by atoms with Crippen LogP contribution in [0.25, 0.3) is 0 Å². The quantitative estimate of drug-likeness (QED) is 0.220. The van der Waals surface area contributed by atoms with Gasteiger partial charge in [-0.2, -0.15) is 0 Å². The molecule has 2 aromatic rings. The largest absolute Gasteiger partial charge is 0.354 e. The van der Waals surface area contributed by atoms with Crippen LogP contribution in [0.5, 0.6) is 0 Å². The first-order chi connectivity index (χ1) is 15.8. The summed E-state index contributed by atoms with van der Waals surface area (Å²) in [4.78, 5) is 28.9. The second kappa shape index (κ2) is 14.8. The van der Waals surface area contributed by atoms with Crippen molar-refractivity contribution in [3.63, 3.8) is 0 Å². The Balaban J connectivity index is 2.07.